The molecule has 2 heteroatoms. The first-order valence-electron chi connectivity index (χ1n) is 2.91. The van der Waals surface area contributed by atoms with E-state index in [0.717, 1.165) is 25.7 Å². The molecule has 1 aliphatic rings. The van der Waals surface area contributed by atoms with Gasteiger partial charge in [0.15, 0.2) is 0 Å². The first kappa shape index (κ1) is 8.25. The van der Waals surface area contributed by atoms with E-state index in [-0.39, 0.29) is 18.6 Å². The van der Waals surface area contributed by atoms with E-state index in [2.05, 4.69) is 0 Å². The third kappa shape index (κ3) is 2.53. The number of carbonyl (C=O) groups excluding carboxylic acids is 1. The van der Waals surface area contributed by atoms with Crippen LogP contribution in [0.25, 0.3) is 0 Å². The van der Waals surface area contributed by atoms with Crippen molar-refractivity contribution in [3.63, 3.8) is 0 Å². The summed E-state index contributed by atoms with van der Waals surface area (Å²) in [5, 5.41) is 0. The van der Waals surface area contributed by atoms with Gasteiger partial charge >= 0.3 is 0 Å². The second-order valence-electron chi connectivity index (χ2n) is 2.10. The molecule has 0 N–H and O–H groups in total. The van der Waals surface area contributed by atoms with Gasteiger partial charge in [-0.1, -0.05) is 6.42 Å². The molecule has 0 amide bonds. The van der Waals surface area contributed by atoms with E-state index in [0.29, 0.717) is 5.78 Å². The summed E-state index contributed by atoms with van der Waals surface area (Å²) in [5.74, 6) is 0.464. The molecule has 0 aliphatic heterocycles. The summed E-state index contributed by atoms with van der Waals surface area (Å²) in [6, 6.07) is 0. The fourth-order valence-electron chi connectivity index (χ4n) is 0.946. The quantitative estimate of drug-likeness (QED) is 0.510. The van der Waals surface area contributed by atoms with E-state index in [1.54, 1.807) is 0 Å². The molecule has 1 saturated carbocycles. The van der Waals surface area contributed by atoms with E-state index in [9.17, 15) is 4.79 Å². The summed E-state index contributed by atoms with van der Waals surface area (Å²) in [6.45, 7) is 0. The molecule has 0 aromatic carbocycles. The third-order valence-electron chi connectivity index (χ3n) is 1.41. The Morgan fingerprint density at radius 3 is 1.75 bits per heavy atom. The van der Waals surface area contributed by atoms with Gasteiger partial charge in [0, 0.05) is 31.4 Å². The Morgan fingerprint density at radius 1 is 1.00 bits per heavy atom. The molecule has 45 valence electrons. The standard InChI is InChI=1S/C6H10O.V/c7-6-4-2-1-3-5-6;/h1-5H2;. The second-order valence-corrected chi connectivity index (χ2v) is 2.10. The van der Waals surface area contributed by atoms with Gasteiger partial charge in [0.2, 0.25) is 0 Å². The minimum absolute atomic E-state index is 0. The van der Waals surface area contributed by atoms with Crippen LogP contribution < -0.4 is 0 Å². The maximum absolute atomic E-state index is 10.5. The molecule has 0 aromatic heterocycles. The Hall–Kier alpha value is 0.254. The van der Waals surface area contributed by atoms with Crippen LogP contribution in [-0.4, -0.2) is 5.78 Å². The largest absolute Gasteiger partial charge is 0.300 e. The Balaban J connectivity index is 0.000000490. The van der Waals surface area contributed by atoms with E-state index in [1.165, 1.54) is 6.42 Å². The van der Waals surface area contributed by atoms with Crippen LogP contribution >= 0.6 is 0 Å². The molecule has 0 aromatic rings. The van der Waals surface area contributed by atoms with E-state index < -0.39 is 0 Å². The van der Waals surface area contributed by atoms with Gasteiger partial charge in [-0.3, -0.25) is 4.79 Å². The van der Waals surface area contributed by atoms with Crippen molar-refractivity contribution in [2.24, 2.45) is 0 Å². The molecular weight excluding hydrogens is 139 g/mol. The Labute approximate surface area is 61.7 Å². The third-order valence-corrected chi connectivity index (χ3v) is 1.41. The van der Waals surface area contributed by atoms with Gasteiger partial charge in [-0.2, -0.15) is 0 Å². The molecule has 0 saturated heterocycles. The summed E-state index contributed by atoms with van der Waals surface area (Å²) >= 11 is 0. The van der Waals surface area contributed by atoms with Crippen molar-refractivity contribution in [1.29, 1.82) is 0 Å². The molecule has 0 atom stereocenters. The van der Waals surface area contributed by atoms with Crippen LogP contribution in [0.15, 0.2) is 0 Å². The summed E-state index contributed by atoms with van der Waals surface area (Å²) in [7, 11) is 0. The van der Waals surface area contributed by atoms with Crippen LogP contribution in [-0.2, 0) is 23.4 Å². The number of Topliss-reactive ketones (excluding diaryl/α,β-unsaturated/α-hetero) is 1. The molecule has 0 spiro atoms. The second kappa shape index (κ2) is 4.16. The minimum atomic E-state index is 0. The summed E-state index contributed by atoms with van der Waals surface area (Å²) in [5.41, 5.74) is 0. The first-order valence-corrected chi connectivity index (χ1v) is 2.91. The van der Waals surface area contributed by atoms with Crippen LogP contribution in [0.1, 0.15) is 32.1 Å². The van der Waals surface area contributed by atoms with Crippen molar-refractivity contribution >= 4 is 5.78 Å². The number of carbonyl (C=O) groups is 1. The average Bonchev–Trinajstić information content (AvgIpc) is 1.69. The predicted molar refractivity (Wildman–Crippen MR) is 28.1 cm³/mol. The molecule has 1 nitrogen and oxygen atoms in total. The van der Waals surface area contributed by atoms with Crippen LogP contribution in [0, 0.1) is 0 Å². The van der Waals surface area contributed by atoms with Crippen LogP contribution in [0.2, 0.25) is 0 Å². The zero-order valence-corrected chi connectivity index (χ0v) is 6.29. The molecule has 1 radical (unpaired) electrons. The van der Waals surface area contributed by atoms with E-state index >= 15 is 0 Å². The fourth-order valence-corrected chi connectivity index (χ4v) is 0.946. The van der Waals surface area contributed by atoms with Gasteiger partial charge in [-0.05, 0) is 12.8 Å². The Morgan fingerprint density at radius 2 is 1.50 bits per heavy atom. The number of hydrogen-bond acceptors (Lipinski definition) is 1. The van der Waals surface area contributed by atoms with Gasteiger partial charge in [-0.25, -0.2) is 0 Å². The fraction of sp³-hybridized carbons (Fsp3) is 0.833. The number of ketones is 1. The maximum atomic E-state index is 10.5. The van der Waals surface area contributed by atoms with Crippen molar-refractivity contribution in [2.75, 3.05) is 0 Å². The molecule has 8 heavy (non-hydrogen) atoms. The van der Waals surface area contributed by atoms with Gasteiger partial charge < -0.3 is 0 Å². The smallest absolute Gasteiger partial charge is 0.132 e. The van der Waals surface area contributed by atoms with Gasteiger partial charge in [0.1, 0.15) is 5.78 Å². The van der Waals surface area contributed by atoms with Crippen LogP contribution in [0.5, 0.6) is 0 Å². The van der Waals surface area contributed by atoms with Gasteiger partial charge in [0.05, 0.1) is 0 Å². The monoisotopic (exact) mass is 149 g/mol. The predicted octanol–water partition coefficient (Wildman–Crippen LogP) is 1.52. The van der Waals surface area contributed by atoms with Crippen molar-refractivity contribution in [3.05, 3.63) is 0 Å². The summed E-state index contributed by atoms with van der Waals surface area (Å²) in [4.78, 5) is 10.5. The molecule has 0 bridgehead atoms. The van der Waals surface area contributed by atoms with E-state index in [1.807, 2.05) is 0 Å². The summed E-state index contributed by atoms with van der Waals surface area (Å²) in [6.07, 6.45) is 5.24. The molecule has 1 fully saturated rings. The zero-order chi connectivity index (χ0) is 5.11. The van der Waals surface area contributed by atoms with E-state index in [4.69, 9.17) is 0 Å². The topological polar surface area (TPSA) is 17.1 Å². The van der Waals surface area contributed by atoms with Crippen LogP contribution in [0.3, 0.4) is 0 Å². The maximum Gasteiger partial charge on any atom is 0.132 e. The first-order chi connectivity index (χ1) is 3.39. The van der Waals surface area contributed by atoms with Crippen molar-refractivity contribution in [2.45, 2.75) is 32.1 Å². The molecular formula is C6H10OV. The molecule has 0 heterocycles. The SMILES string of the molecule is O=C1CCCCC1.[V]. The Bertz CT molecular complexity index is 72.6. The normalized spacial score (nSPS) is 19.8. The number of hydrogen-bond donors (Lipinski definition) is 0. The molecule has 1 aliphatic carbocycles. The van der Waals surface area contributed by atoms with Crippen molar-refractivity contribution in [1.82, 2.24) is 0 Å². The van der Waals surface area contributed by atoms with Crippen LogP contribution in [0.4, 0.5) is 0 Å². The minimum Gasteiger partial charge on any atom is -0.300 e. The Kier molecular flexibility index (Phi) is 4.30. The average molecular weight is 149 g/mol. The number of rotatable bonds is 0. The zero-order valence-electron chi connectivity index (χ0n) is 4.89. The van der Waals surface area contributed by atoms with Gasteiger partial charge in [0.25, 0.3) is 0 Å². The molecule has 1 rings (SSSR count). The van der Waals surface area contributed by atoms with Crippen molar-refractivity contribution < 1.29 is 23.4 Å². The molecule has 0 unspecified atom stereocenters. The van der Waals surface area contributed by atoms with Gasteiger partial charge in [-0.15, -0.1) is 0 Å². The van der Waals surface area contributed by atoms with Crippen molar-refractivity contribution in [3.8, 4) is 0 Å². The summed E-state index contributed by atoms with van der Waals surface area (Å²) < 4.78 is 0.